The van der Waals surface area contributed by atoms with Gasteiger partial charge >= 0.3 is 5.96 Å². The fourth-order valence-corrected chi connectivity index (χ4v) is 1.70. The molecule has 1 aromatic carbocycles. The molecule has 18 heavy (non-hydrogen) atoms. The number of nitro groups is 1. The second-order valence-corrected chi connectivity index (χ2v) is 4.26. The van der Waals surface area contributed by atoms with E-state index in [-0.39, 0.29) is 25.6 Å². The molecule has 0 saturated heterocycles. The molecule has 0 aliphatic heterocycles. The molecule has 8 nitrogen and oxygen atoms in total. The van der Waals surface area contributed by atoms with E-state index in [9.17, 15) is 15.3 Å². The van der Waals surface area contributed by atoms with Crippen LogP contribution in [-0.4, -0.2) is 21.9 Å². The van der Waals surface area contributed by atoms with Crippen molar-refractivity contribution >= 4 is 45.4 Å². The molecule has 0 bridgehead atoms. The monoisotopic (exact) mass is 335 g/mol. The van der Waals surface area contributed by atoms with Crippen LogP contribution in [0.1, 0.15) is 5.56 Å². The van der Waals surface area contributed by atoms with E-state index in [0.717, 1.165) is 6.21 Å². The van der Waals surface area contributed by atoms with E-state index in [1.54, 1.807) is 0 Å². The van der Waals surface area contributed by atoms with E-state index in [4.69, 9.17) is 23.1 Å². The molecule has 0 heterocycles. The second kappa shape index (κ2) is 5.65. The summed E-state index contributed by atoms with van der Waals surface area (Å²) in [5, 5.41) is 25.2. The number of hydrogen-bond acceptors (Lipinski definition) is 4. The Morgan fingerprint density at radius 2 is 2.06 bits per heavy atom. The number of nitrogens with zero attached hydrogens (tertiary/aromatic N) is 3. The Bertz CT molecular complexity index is 556. The molecule has 0 saturated carbocycles. The van der Waals surface area contributed by atoms with Gasteiger partial charge in [-0.25, -0.2) is 0 Å². The summed E-state index contributed by atoms with van der Waals surface area (Å²) < 4.78 is 0.143. The molecule has 0 aliphatic carbocycles. The Labute approximate surface area is 114 Å². The molecule has 0 amide bonds. The lowest BCUT2D eigenvalue weighted by atomic mass is 10.2. The number of halogens is 2. The van der Waals surface area contributed by atoms with Crippen molar-refractivity contribution in [1.82, 2.24) is 0 Å². The van der Waals surface area contributed by atoms with E-state index < -0.39 is 10.9 Å². The molecule has 0 fully saturated rings. The van der Waals surface area contributed by atoms with Crippen LogP contribution in [-0.2, 0) is 0 Å². The van der Waals surface area contributed by atoms with Crippen LogP contribution in [0.2, 0.25) is 5.02 Å². The standard InChI is InChI=1S/C8H7BrClN5O3/c9-7-4(3-13-14(16)8(11)12)1-5(10)2-6(7)15(17)18/h1-3H,11-12H2/b13-3+. The summed E-state index contributed by atoms with van der Waals surface area (Å²) in [4.78, 5) is 10.1. The minimum Gasteiger partial charge on any atom is -0.722 e. The summed E-state index contributed by atoms with van der Waals surface area (Å²) in [7, 11) is 0. The molecule has 96 valence electrons. The van der Waals surface area contributed by atoms with Crippen LogP contribution in [0, 0.1) is 15.3 Å². The zero-order valence-electron chi connectivity index (χ0n) is 8.71. The van der Waals surface area contributed by atoms with Crippen molar-refractivity contribution in [1.29, 1.82) is 0 Å². The van der Waals surface area contributed by atoms with Crippen LogP contribution in [0.4, 0.5) is 5.69 Å². The van der Waals surface area contributed by atoms with Gasteiger partial charge in [0.15, 0.2) is 0 Å². The highest BCUT2D eigenvalue weighted by molar-refractivity contribution is 9.10. The zero-order chi connectivity index (χ0) is 13.9. The molecular weight excluding hydrogens is 329 g/mol. The lowest BCUT2D eigenvalue weighted by Crippen LogP contribution is -2.30. The number of hydrogen-bond donors (Lipinski definition) is 2. The van der Waals surface area contributed by atoms with Crippen molar-refractivity contribution in [3.8, 4) is 0 Å². The number of hydrazone groups is 1. The first-order valence-corrected chi connectivity index (χ1v) is 5.52. The van der Waals surface area contributed by atoms with Gasteiger partial charge in [0, 0.05) is 16.7 Å². The maximum Gasteiger partial charge on any atom is 0.366 e. The van der Waals surface area contributed by atoms with Crippen molar-refractivity contribution in [2.75, 3.05) is 0 Å². The minimum atomic E-state index is -0.619. The van der Waals surface area contributed by atoms with Crippen LogP contribution in [0.15, 0.2) is 21.7 Å². The minimum absolute atomic E-state index is 0.0286. The SMILES string of the molecule is NC(N)=[N+]([O-])/N=C/c1cc(Cl)cc([N+](=O)[O-])c1Br. The highest BCUT2D eigenvalue weighted by Crippen LogP contribution is 2.31. The normalized spacial score (nSPS) is 10.6. The molecule has 4 N–H and O–H groups in total. The quantitative estimate of drug-likeness (QED) is 0.213. The van der Waals surface area contributed by atoms with Crippen LogP contribution in [0.3, 0.4) is 0 Å². The number of nitro benzene ring substituents is 1. The molecule has 0 radical (unpaired) electrons. The maximum absolute atomic E-state index is 11.0. The lowest BCUT2D eigenvalue weighted by Gasteiger charge is -2.04. The fourth-order valence-electron chi connectivity index (χ4n) is 1.00. The van der Waals surface area contributed by atoms with Gasteiger partial charge in [0.25, 0.3) is 5.69 Å². The predicted molar refractivity (Wildman–Crippen MR) is 70.4 cm³/mol. The van der Waals surface area contributed by atoms with Gasteiger partial charge in [0.2, 0.25) is 0 Å². The molecule has 0 aromatic heterocycles. The third kappa shape index (κ3) is 3.31. The smallest absolute Gasteiger partial charge is 0.366 e. The van der Waals surface area contributed by atoms with Gasteiger partial charge in [-0.15, -0.1) is 9.95 Å². The first-order chi connectivity index (χ1) is 8.32. The van der Waals surface area contributed by atoms with Crippen molar-refractivity contribution < 1.29 is 9.77 Å². The molecule has 0 unspecified atom stereocenters. The van der Waals surface area contributed by atoms with Gasteiger partial charge in [0.1, 0.15) is 4.47 Å². The van der Waals surface area contributed by atoms with Gasteiger partial charge < -0.3 is 5.21 Å². The van der Waals surface area contributed by atoms with Crippen LogP contribution < -0.4 is 11.5 Å². The average Bonchev–Trinajstić information content (AvgIpc) is 2.28. The molecule has 0 aliphatic rings. The Hall–Kier alpha value is -1.87. The molecule has 0 atom stereocenters. The fraction of sp³-hybridized carbons (Fsp3) is 0. The number of benzene rings is 1. The van der Waals surface area contributed by atoms with Crippen LogP contribution in [0.25, 0.3) is 0 Å². The highest BCUT2D eigenvalue weighted by atomic mass is 79.9. The van der Waals surface area contributed by atoms with Crippen molar-refractivity contribution in [3.05, 3.63) is 42.5 Å². The number of rotatable bonds is 3. The van der Waals surface area contributed by atoms with E-state index in [1.165, 1.54) is 12.1 Å². The molecular formula is C8H7BrClN5O3. The number of guanidine groups is 1. The summed E-state index contributed by atoms with van der Waals surface area (Å²) >= 11 is 8.73. The van der Waals surface area contributed by atoms with Gasteiger partial charge in [-0.3, -0.25) is 21.6 Å². The summed E-state index contributed by atoms with van der Waals surface area (Å²) in [5.41, 5.74) is 9.99. The summed E-state index contributed by atoms with van der Waals surface area (Å²) in [5.74, 6) is -0.557. The van der Waals surface area contributed by atoms with E-state index in [0.29, 0.717) is 0 Å². The van der Waals surface area contributed by atoms with Crippen LogP contribution >= 0.6 is 27.5 Å². The Kier molecular flexibility index (Phi) is 4.45. The Morgan fingerprint density at radius 3 is 2.56 bits per heavy atom. The van der Waals surface area contributed by atoms with Crippen molar-refractivity contribution in [2.45, 2.75) is 0 Å². The van der Waals surface area contributed by atoms with Gasteiger partial charge in [-0.2, -0.15) is 0 Å². The van der Waals surface area contributed by atoms with Crippen LogP contribution in [0.5, 0.6) is 0 Å². The first kappa shape index (κ1) is 14.2. The topological polar surface area (TPSA) is 134 Å². The van der Waals surface area contributed by atoms with Gasteiger partial charge in [-0.05, 0) is 22.0 Å². The Balaban J connectivity index is 3.26. The largest absolute Gasteiger partial charge is 0.722 e. The average molecular weight is 337 g/mol. The third-order valence-corrected chi connectivity index (χ3v) is 2.85. The summed E-state index contributed by atoms with van der Waals surface area (Å²) in [6, 6.07) is 2.56. The van der Waals surface area contributed by atoms with Crippen molar-refractivity contribution in [3.63, 3.8) is 0 Å². The van der Waals surface area contributed by atoms with E-state index >= 15 is 0 Å². The van der Waals surface area contributed by atoms with E-state index in [1.807, 2.05) is 0 Å². The lowest BCUT2D eigenvalue weighted by molar-refractivity contribution is -0.463. The zero-order valence-corrected chi connectivity index (χ0v) is 11.1. The number of nitrogens with two attached hydrogens (primary N) is 2. The summed E-state index contributed by atoms with van der Waals surface area (Å²) in [6.45, 7) is 0. The Morgan fingerprint density at radius 1 is 1.44 bits per heavy atom. The highest BCUT2D eigenvalue weighted by Gasteiger charge is 2.16. The first-order valence-electron chi connectivity index (χ1n) is 4.35. The molecule has 1 aromatic rings. The second-order valence-electron chi connectivity index (χ2n) is 3.03. The van der Waals surface area contributed by atoms with Gasteiger partial charge in [0.05, 0.1) is 11.1 Å². The molecule has 1 rings (SSSR count). The molecule has 10 heteroatoms. The van der Waals surface area contributed by atoms with E-state index in [2.05, 4.69) is 21.0 Å². The van der Waals surface area contributed by atoms with Crippen molar-refractivity contribution in [2.24, 2.45) is 16.6 Å². The summed E-state index contributed by atoms with van der Waals surface area (Å²) in [6.07, 6.45) is 1.05. The predicted octanol–water partition coefficient (Wildman–Crippen LogP) is 1.13. The van der Waals surface area contributed by atoms with Gasteiger partial charge in [-0.1, -0.05) is 11.6 Å². The maximum atomic E-state index is 11.0. The molecule has 0 spiro atoms. The third-order valence-electron chi connectivity index (χ3n) is 1.77.